The van der Waals surface area contributed by atoms with Crippen LogP contribution in [0.3, 0.4) is 0 Å². The molecule has 1 fully saturated rings. The number of nitrogens with one attached hydrogen (secondary N) is 1. The lowest BCUT2D eigenvalue weighted by molar-refractivity contribution is -0.132. The van der Waals surface area contributed by atoms with E-state index >= 15 is 0 Å². The smallest absolute Gasteiger partial charge is 0.335 e. The predicted molar refractivity (Wildman–Crippen MR) is 111 cm³/mol. The van der Waals surface area contributed by atoms with E-state index in [1.165, 1.54) is 0 Å². The number of likely N-dealkylation sites (tertiary alicyclic amines) is 1. The Labute approximate surface area is 171 Å². The predicted octanol–water partition coefficient (Wildman–Crippen LogP) is 3.63. The summed E-state index contributed by atoms with van der Waals surface area (Å²) in [5.74, 6) is -0.192. The SMILES string of the molecule is CCC(NCc1cccc(C(=O)O)c1)c1ccccc1OCC(=O)N1CCCC1. The molecule has 0 bridgehead atoms. The molecule has 1 aliphatic heterocycles. The fourth-order valence-corrected chi connectivity index (χ4v) is 3.63. The number of carbonyl (C=O) groups excluding carboxylic acids is 1. The van der Waals surface area contributed by atoms with Crippen LogP contribution < -0.4 is 10.1 Å². The molecule has 1 unspecified atom stereocenters. The summed E-state index contributed by atoms with van der Waals surface area (Å²) in [6, 6.07) is 14.7. The number of ether oxygens (including phenoxy) is 1. The van der Waals surface area contributed by atoms with Gasteiger partial charge in [0.25, 0.3) is 5.91 Å². The zero-order valence-corrected chi connectivity index (χ0v) is 16.8. The maximum Gasteiger partial charge on any atom is 0.335 e. The monoisotopic (exact) mass is 396 g/mol. The maximum atomic E-state index is 12.3. The fraction of sp³-hybridized carbons (Fsp3) is 0.391. The lowest BCUT2D eigenvalue weighted by Crippen LogP contribution is -2.32. The Morgan fingerprint density at radius 3 is 2.62 bits per heavy atom. The number of hydrogen-bond donors (Lipinski definition) is 2. The van der Waals surface area contributed by atoms with Crippen molar-refractivity contribution in [2.24, 2.45) is 0 Å². The molecule has 1 aliphatic rings. The lowest BCUT2D eigenvalue weighted by Gasteiger charge is -2.22. The van der Waals surface area contributed by atoms with E-state index in [4.69, 9.17) is 9.84 Å². The van der Waals surface area contributed by atoms with E-state index < -0.39 is 5.97 Å². The van der Waals surface area contributed by atoms with Crippen molar-refractivity contribution in [3.05, 3.63) is 65.2 Å². The van der Waals surface area contributed by atoms with Gasteiger partial charge in [0.05, 0.1) is 5.56 Å². The third-order valence-electron chi connectivity index (χ3n) is 5.24. The Morgan fingerprint density at radius 1 is 1.14 bits per heavy atom. The van der Waals surface area contributed by atoms with Crippen LogP contribution in [0, 0.1) is 0 Å². The molecule has 0 saturated carbocycles. The molecule has 0 aliphatic carbocycles. The summed E-state index contributed by atoms with van der Waals surface area (Å²) < 4.78 is 5.89. The highest BCUT2D eigenvalue weighted by Gasteiger charge is 2.20. The topological polar surface area (TPSA) is 78.9 Å². The van der Waals surface area contributed by atoms with Crippen molar-refractivity contribution >= 4 is 11.9 Å². The van der Waals surface area contributed by atoms with Crippen LogP contribution in [0.25, 0.3) is 0 Å². The molecule has 0 aromatic heterocycles. The Kier molecular flexibility index (Phi) is 7.25. The van der Waals surface area contributed by atoms with Gasteiger partial charge in [-0.3, -0.25) is 4.79 Å². The molecule has 29 heavy (non-hydrogen) atoms. The van der Waals surface area contributed by atoms with E-state index in [1.807, 2.05) is 35.2 Å². The molecule has 6 heteroatoms. The normalized spacial score (nSPS) is 14.6. The Balaban J connectivity index is 1.65. The number of rotatable bonds is 9. The number of carboxylic acid groups (broad SMARTS) is 1. The second-order valence-corrected chi connectivity index (χ2v) is 7.26. The number of hydrogen-bond acceptors (Lipinski definition) is 4. The number of carbonyl (C=O) groups is 2. The number of nitrogens with zero attached hydrogens (tertiary/aromatic N) is 1. The third kappa shape index (κ3) is 5.57. The summed E-state index contributed by atoms with van der Waals surface area (Å²) in [6.45, 7) is 4.31. The quantitative estimate of drug-likeness (QED) is 0.677. The average Bonchev–Trinajstić information content (AvgIpc) is 3.28. The Hall–Kier alpha value is -2.86. The summed E-state index contributed by atoms with van der Waals surface area (Å²) in [7, 11) is 0. The van der Waals surface area contributed by atoms with E-state index in [0.717, 1.165) is 43.5 Å². The third-order valence-corrected chi connectivity index (χ3v) is 5.24. The van der Waals surface area contributed by atoms with Gasteiger partial charge in [0.15, 0.2) is 6.61 Å². The molecular weight excluding hydrogens is 368 g/mol. The molecule has 3 rings (SSSR count). The largest absolute Gasteiger partial charge is 0.483 e. The zero-order chi connectivity index (χ0) is 20.6. The van der Waals surface area contributed by atoms with Crippen LogP contribution in [0.2, 0.25) is 0 Å². The van der Waals surface area contributed by atoms with Gasteiger partial charge in [0.2, 0.25) is 0 Å². The number of amides is 1. The van der Waals surface area contributed by atoms with Gasteiger partial charge in [-0.1, -0.05) is 37.3 Å². The molecule has 154 valence electrons. The first-order chi connectivity index (χ1) is 14.1. The fourth-order valence-electron chi connectivity index (χ4n) is 3.63. The standard InChI is InChI=1S/C23H28N2O4/c1-2-20(24-15-17-8-7-9-18(14-17)23(27)28)19-10-3-4-11-21(19)29-16-22(26)25-12-5-6-13-25/h3-4,7-11,14,20,24H,2,5-6,12-13,15-16H2,1H3,(H,27,28). The van der Waals surface area contributed by atoms with Gasteiger partial charge >= 0.3 is 5.97 Å². The van der Waals surface area contributed by atoms with Crippen LogP contribution in [0.1, 0.15) is 53.7 Å². The van der Waals surface area contributed by atoms with Gasteiger partial charge in [-0.15, -0.1) is 0 Å². The highest BCUT2D eigenvalue weighted by molar-refractivity contribution is 5.87. The minimum absolute atomic E-state index is 0.0292. The van der Waals surface area contributed by atoms with Crippen molar-refractivity contribution in [2.45, 2.75) is 38.8 Å². The lowest BCUT2D eigenvalue weighted by atomic mass is 10.0. The number of benzene rings is 2. The van der Waals surface area contributed by atoms with Gasteiger partial charge in [-0.2, -0.15) is 0 Å². The van der Waals surface area contributed by atoms with Crippen LogP contribution in [0.4, 0.5) is 0 Å². The first-order valence-corrected chi connectivity index (χ1v) is 10.1. The Morgan fingerprint density at radius 2 is 1.90 bits per heavy atom. The Bertz CT molecular complexity index is 846. The van der Waals surface area contributed by atoms with Crippen molar-refractivity contribution in [3.8, 4) is 5.75 Å². The minimum atomic E-state index is -0.930. The van der Waals surface area contributed by atoms with Gasteiger partial charge in [0.1, 0.15) is 5.75 Å². The molecule has 1 saturated heterocycles. The van der Waals surface area contributed by atoms with Crippen LogP contribution in [0.15, 0.2) is 48.5 Å². The maximum absolute atomic E-state index is 12.3. The van der Waals surface area contributed by atoms with Gasteiger partial charge < -0.3 is 20.1 Å². The molecule has 1 heterocycles. The van der Waals surface area contributed by atoms with Gasteiger partial charge in [-0.05, 0) is 43.0 Å². The van der Waals surface area contributed by atoms with Gasteiger partial charge in [0, 0.05) is 31.2 Å². The zero-order valence-electron chi connectivity index (χ0n) is 16.8. The van der Waals surface area contributed by atoms with Crippen LogP contribution in [-0.2, 0) is 11.3 Å². The van der Waals surface area contributed by atoms with Crippen LogP contribution >= 0.6 is 0 Å². The number of aromatic carboxylic acids is 1. The van der Waals surface area contributed by atoms with E-state index in [9.17, 15) is 9.59 Å². The first kappa shape index (κ1) is 20.9. The van der Waals surface area contributed by atoms with E-state index in [2.05, 4.69) is 12.2 Å². The molecule has 0 spiro atoms. The van der Waals surface area contributed by atoms with E-state index in [1.54, 1.807) is 18.2 Å². The molecule has 2 aromatic rings. The summed E-state index contributed by atoms with van der Waals surface area (Å²) >= 11 is 0. The number of para-hydroxylation sites is 1. The summed E-state index contributed by atoms with van der Waals surface area (Å²) in [5, 5.41) is 12.6. The van der Waals surface area contributed by atoms with Crippen molar-refractivity contribution in [2.75, 3.05) is 19.7 Å². The first-order valence-electron chi connectivity index (χ1n) is 10.1. The molecule has 1 amide bonds. The second-order valence-electron chi connectivity index (χ2n) is 7.26. The van der Waals surface area contributed by atoms with Crippen molar-refractivity contribution in [1.82, 2.24) is 10.2 Å². The van der Waals surface area contributed by atoms with Crippen LogP contribution in [-0.4, -0.2) is 41.6 Å². The van der Waals surface area contributed by atoms with Crippen molar-refractivity contribution in [3.63, 3.8) is 0 Å². The van der Waals surface area contributed by atoms with Gasteiger partial charge in [-0.25, -0.2) is 4.79 Å². The van der Waals surface area contributed by atoms with Crippen molar-refractivity contribution < 1.29 is 19.4 Å². The molecule has 6 nitrogen and oxygen atoms in total. The average molecular weight is 396 g/mol. The van der Waals surface area contributed by atoms with E-state index in [0.29, 0.717) is 12.3 Å². The highest BCUT2D eigenvalue weighted by atomic mass is 16.5. The summed E-state index contributed by atoms with van der Waals surface area (Å²) in [6.07, 6.45) is 2.96. The molecule has 2 aromatic carbocycles. The van der Waals surface area contributed by atoms with Crippen LogP contribution in [0.5, 0.6) is 5.75 Å². The number of carboxylic acids is 1. The second kappa shape index (κ2) is 10.1. The molecule has 0 radical (unpaired) electrons. The molecule has 1 atom stereocenters. The summed E-state index contributed by atoms with van der Waals surface area (Å²) in [4.78, 5) is 25.3. The minimum Gasteiger partial charge on any atom is -0.483 e. The summed E-state index contributed by atoms with van der Waals surface area (Å²) in [5.41, 5.74) is 2.19. The van der Waals surface area contributed by atoms with Crippen molar-refractivity contribution in [1.29, 1.82) is 0 Å². The highest BCUT2D eigenvalue weighted by Crippen LogP contribution is 2.27. The molecule has 2 N–H and O–H groups in total. The van der Waals surface area contributed by atoms with E-state index in [-0.39, 0.29) is 24.1 Å². The molecular formula is C23H28N2O4.